The Labute approximate surface area is 131 Å². The van der Waals surface area contributed by atoms with Gasteiger partial charge in [0.2, 0.25) is 0 Å². The SMILES string of the molecule is CCOC(=O)c1c(O)cccc1-c1ccc(Cl)c([N+](=O)[O-])c1. The third kappa shape index (κ3) is 3.01. The number of benzene rings is 2. The van der Waals surface area contributed by atoms with Crippen LogP contribution in [0.4, 0.5) is 5.69 Å². The van der Waals surface area contributed by atoms with Crippen molar-refractivity contribution >= 4 is 23.3 Å². The van der Waals surface area contributed by atoms with Gasteiger partial charge in [0.15, 0.2) is 0 Å². The summed E-state index contributed by atoms with van der Waals surface area (Å²) >= 11 is 5.78. The van der Waals surface area contributed by atoms with E-state index >= 15 is 0 Å². The van der Waals surface area contributed by atoms with Gasteiger partial charge in [0, 0.05) is 11.6 Å². The summed E-state index contributed by atoms with van der Waals surface area (Å²) in [7, 11) is 0. The van der Waals surface area contributed by atoms with Gasteiger partial charge in [-0.15, -0.1) is 0 Å². The predicted octanol–water partition coefficient (Wildman–Crippen LogP) is 3.80. The van der Waals surface area contributed by atoms with Gasteiger partial charge in [0.05, 0.1) is 11.5 Å². The Morgan fingerprint density at radius 1 is 1.36 bits per heavy atom. The van der Waals surface area contributed by atoms with E-state index in [2.05, 4.69) is 0 Å². The highest BCUT2D eigenvalue weighted by Crippen LogP contribution is 2.35. The average Bonchev–Trinajstić information content (AvgIpc) is 2.47. The number of phenols is 1. The molecule has 0 saturated carbocycles. The highest BCUT2D eigenvalue weighted by molar-refractivity contribution is 6.32. The minimum absolute atomic E-state index is 0.00779. The number of rotatable bonds is 4. The molecule has 0 aromatic heterocycles. The summed E-state index contributed by atoms with van der Waals surface area (Å²) in [5.41, 5.74) is 0.395. The molecule has 0 aliphatic carbocycles. The maximum absolute atomic E-state index is 12.0. The van der Waals surface area contributed by atoms with Crippen molar-refractivity contribution in [3.05, 3.63) is 57.1 Å². The third-order valence-electron chi connectivity index (χ3n) is 2.98. The molecule has 0 unspecified atom stereocenters. The Hall–Kier alpha value is -2.60. The Morgan fingerprint density at radius 3 is 2.73 bits per heavy atom. The fourth-order valence-corrected chi connectivity index (χ4v) is 2.21. The number of carbonyl (C=O) groups excluding carboxylic acids is 1. The Kier molecular flexibility index (Phi) is 4.62. The molecule has 0 aliphatic rings. The summed E-state index contributed by atoms with van der Waals surface area (Å²) in [4.78, 5) is 22.4. The Bertz CT molecular complexity index is 745. The third-order valence-corrected chi connectivity index (χ3v) is 3.30. The number of phenolic OH excluding ortho intramolecular Hbond substituents is 1. The van der Waals surface area contributed by atoms with E-state index in [4.69, 9.17) is 16.3 Å². The second kappa shape index (κ2) is 6.44. The molecule has 2 aromatic carbocycles. The molecule has 0 fully saturated rings. The topological polar surface area (TPSA) is 89.7 Å². The lowest BCUT2D eigenvalue weighted by Gasteiger charge is -2.11. The first-order valence-electron chi connectivity index (χ1n) is 6.39. The molecule has 0 amide bonds. The highest BCUT2D eigenvalue weighted by atomic mass is 35.5. The quantitative estimate of drug-likeness (QED) is 0.525. The van der Waals surface area contributed by atoms with Gasteiger partial charge in [-0.25, -0.2) is 4.79 Å². The number of esters is 1. The fraction of sp³-hybridized carbons (Fsp3) is 0.133. The molecule has 114 valence electrons. The first-order valence-corrected chi connectivity index (χ1v) is 6.77. The van der Waals surface area contributed by atoms with Crippen LogP contribution in [-0.2, 0) is 4.74 Å². The van der Waals surface area contributed by atoms with Gasteiger partial charge >= 0.3 is 5.97 Å². The van der Waals surface area contributed by atoms with Crippen LogP contribution in [0.3, 0.4) is 0 Å². The lowest BCUT2D eigenvalue weighted by atomic mass is 9.98. The van der Waals surface area contributed by atoms with E-state index < -0.39 is 10.9 Å². The summed E-state index contributed by atoms with van der Waals surface area (Å²) < 4.78 is 4.91. The van der Waals surface area contributed by atoms with Gasteiger partial charge in [0.1, 0.15) is 16.3 Å². The maximum Gasteiger partial charge on any atom is 0.342 e. The van der Waals surface area contributed by atoms with Crippen molar-refractivity contribution in [2.24, 2.45) is 0 Å². The average molecular weight is 322 g/mol. The largest absolute Gasteiger partial charge is 0.507 e. The Balaban J connectivity index is 2.63. The van der Waals surface area contributed by atoms with Crippen LogP contribution < -0.4 is 0 Å². The zero-order valence-corrected chi connectivity index (χ0v) is 12.3. The number of ether oxygens (including phenoxy) is 1. The maximum atomic E-state index is 12.0. The molecule has 0 spiro atoms. The molecular weight excluding hydrogens is 310 g/mol. The van der Waals surface area contributed by atoms with Crippen LogP contribution in [0, 0.1) is 10.1 Å². The van der Waals surface area contributed by atoms with Crippen LogP contribution in [0.25, 0.3) is 11.1 Å². The molecule has 0 radical (unpaired) electrons. The second-order valence-corrected chi connectivity index (χ2v) is 4.75. The smallest absolute Gasteiger partial charge is 0.342 e. The van der Waals surface area contributed by atoms with E-state index in [1.54, 1.807) is 13.0 Å². The van der Waals surface area contributed by atoms with E-state index in [1.807, 2.05) is 0 Å². The molecule has 0 aliphatic heterocycles. The van der Waals surface area contributed by atoms with E-state index in [0.29, 0.717) is 11.1 Å². The number of halogens is 1. The zero-order chi connectivity index (χ0) is 16.3. The van der Waals surface area contributed by atoms with Crippen LogP contribution in [0.2, 0.25) is 5.02 Å². The van der Waals surface area contributed by atoms with Gasteiger partial charge in [-0.3, -0.25) is 10.1 Å². The summed E-state index contributed by atoms with van der Waals surface area (Å²) in [6.45, 7) is 1.79. The van der Waals surface area contributed by atoms with Crippen LogP contribution in [0.15, 0.2) is 36.4 Å². The zero-order valence-electron chi connectivity index (χ0n) is 11.6. The summed E-state index contributed by atoms with van der Waals surface area (Å²) in [5, 5.41) is 20.9. The molecule has 7 heteroatoms. The van der Waals surface area contributed by atoms with Crippen LogP contribution >= 0.6 is 11.6 Å². The first kappa shape index (κ1) is 15.8. The van der Waals surface area contributed by atoms with Crippen molar-refractivity contribution < 1.29 is 19.6 Å². The number of carbonyl (C=O) groups is 1. The molecule has 2 aromatic rings. The van der Waals surface area contributed by atoms with Gasteiger partial charge in [0.25, 0.3) is 5.69 Å². The molecule has 0 heterocycles. The van der Waals surface area contributed by atoms with Crippen LogP contribution in [0.1, 0.15) is 17.3 Å². The summed E-state index contributed by atoms with van der Waals surface area (Å²) in [6.07, 6.45) is 0. The van der Waals surface area contributed by atoms with Gasteiger partial charge in [-0.1, -0.05) is 29.8 Å². The van der Waals surface area contributed by atoms with E-state index in [-0.39, 0.29) is 28.6 Å². The molecule has 0 atom stereocenters. The number of hydrogen-bond acceptors (Lipinski definition) is 5. The standard InChI is InChI=1S/C15H12ClNO5/c1-2-22-15(19)14-10(4-3-5-13(14)18)9-6-7-11(16)12(8-9)17(20)21/h3-8,18H,2H2,1H3. The number of hydrogen-bond donors (Lipinski definition) is 1. The van der Waals surface area contributed by atoms with Gasteiger partial charge in [-0.2, -0.15) is 0 Å². The Morgan fingerprint density at radius 2 is 2.09 bits per heavy atom. The molecule has 0 saturated heterocycles. The lowest BCUT2D eigenvalue weighted by molar-refractivity contribution is -0.384. The minimum Gasteiger partial charge on any atom is -0.507 e. The summed E-state index contributed by atoms with van der Waals surface area (Å²) in [5.74, 6) is -0.957. The predicted molar refractivity (Wildman–Crippen MR) is 81.2 cm³/mol. The van der Waals surface area contributed by atoms with E-state index in [9.17, 15) is 20.0 Å². The summed E-state index contributed by atoms with van der Waals surface area (Å²) in [6, 6.07) is 8.60. The number of aromatic hydroxyl groups is 1. The number of nitro groups is 1. The van der Waals surface area contributed by atoms with Crippen molar-refractivity contribution in [3.63, 3.8) is 0 Å². The monoisotopic (exact) mass is 321 g/mol. The molecule has 0 bridgehead atoms. The minimum atomic E-state index is -0.701. The normalized spacial score (nSPS) is 10.3. The number of nitro benzene ring substituents is 1. The van der Waals surface area contributed by atoms with Crippen molar-refractivity contribution in [1.29, 1.82) is 0 Å². The van der Waals surface area contributed by atoms with Crippen LogP contribution in [0.5, 0.6) is 5.75 Å². The van der Waals surface area contributed by atoms with Crippen molar-refractivity contribution in [2.45, 2.75) is 6.92 Å². The van der Waals surface area contributed by atoms with Crippen molar-refractivity contribution in [2.75, 3.05) is 6.61 Å². The van der Waals surface area contributed by atoms with Crippen molar-refractivity contribution in [1.82, 2.24) is 0 Å². The second-order valence-electron chi connectivity index (χ2n) is 4.34. The van der Waals surface area contributed by atoms with Crippen LogP contribution in [-0.4, -0.2) is 22.6 Å². The van der Waals surface area contributed by atoms with E-state index in [1.165, 1.54) is 30.3 Å². The molecular formula is C15H12ClNO5. The van der Waals surface area contributed by atoms with E-state index in [0.717, 1.165) is 0 Å². The van der Waals surface area contributed by atoms with Gasteiger partial charge in [-0.05, 0) is 24.6 Å². The molecule has 6 nitrogen and oxygen atoms in total. The van der Waals surface area contributed by atoms with Crippen molar-refractivity contribution in [3.8, 4) is 16.9 Å². The van der Waals surface area contributed by atoms with Gasteiger partial charge < -0.3 is 9.84 Å². The molecule has 2 rings (SSSR count). The molecule has 22 heavy (non-hydrogen) atoms. The highest BCUT2D eigenvalue weighted by Gasteiger charge is 2.21. The fourth-order valence-electron chi connectivity index (χ4n) is 2.02. The lowest BCUT2D eigenvalue weighted by Crippen LogP contribution is -2.07. The first-order chi connectivity index (χ1) is 10.5. The number of nitrogens with zero attached hydrogens (tertiary/aromatic N) is 1. The molecule has 1 N–H and O–H groups in total.